The smallest absolute Gasteiger partial charge is 0.234 e. The average Bonchev–Trinajstić information content (AvgIpc) is 3.09. The van der Waals surface area contributed by atoms with Crippen LogP contribution in [0, 0.1) is 11.8 Å². The van der Waals surface area contributed by atoms with E-state index in [0.29, 0.717) is 18.5 Å². The molecule has 3 aliphatic rings. The van der Waals surface area contributed by atoms with Crippen molar-refractivity contribution in [2.45, 2.75) is 45.1 Å². The molecule has 3 unspecified atom stereocenters. The number of amides is 2. The minimum atomic E-state index is 0. The second-order valence-electron chi connectivity index (χ2n) is 7.83. The first-order valence-corrected chi connectivity index (χ1v) is 9.63. The second kappa shape index (κ2) is 11.3. The van der Waals surface area contributed by atoms with E-state index >= 15 is 0 Å². The van der Waals surface area contributed by atoms with Crippen molar-refractivity contribution in [1.82, 2.24) is 20.4 Å². The highest BCUT2D eigenvalue weighted by molar-refractivity contribution is 5.85. The van der Waals surface area contributed by atoms with E-state index < -0.39 is 0 Å². The fraction of sp³-hybridized carbons (Fsp3) is 0.889. The fourth-order valence-electron chi connectivity index (χ4n) is 4.29. The Labute approximate surface area is 169 Å². The summed E-state index contributed by atoms with van der Waals surface area (Å²) in [6, 6.07) is 0.360. The van der Waals surface area contributed by atoms with Gasteiger partial charge in [0.1, 0.15) is 0 Å². The molecule has 3 fully saturated rings. The Morgan fingerprint density at radius 2 is 1.81 bits per heavy atom. The molecule has 2 heterocycles. The first-order valence-electron chi connectivity index (χ1n) is 9.63. The largest absolute Gasteiger partial charge is 0.352 e. The van der Waals surface area contributed by atoms with E-state index in [4.69, 9.17) is 0 Å². The number of rotatable bonds is 4. The number of nitrogens with zero attached hydrogens (tertiary/aromatic N) is 2. The summed E-state index contributed by atoms with van der Waals surface area (Å²) in [6.45, 7) is 7.64. The Morgan fingerprint density at radius 3 is 2.42 bits per heavy atom. The molecule has 0 aromatic heterocycles. The van der Waals surface area contributed by atoms with Crippen molar-refractivity contribution < 1.29 is 9.59 Å². The van der Waals surface area contributed by atoms with E-state index in [0.717, 1.165) is 64.4 Å². The zero-order valence-electron chi connectivity index (χ0n) is 15.7. The van der Waals surface area contributed by atoms with Crippen LogP contribution >= 0.6 is 24.8 Å². The van der Waals surface area contributed by atoms with Crippen LogP contribution in [0.25, 0.3) is 0 Å². The number of hydrogen-bond donors (Lipinski definition) is 2. The van der Waals surface area contributed by atoms with Gasteiger partial charge in [0.15, 0.2) is 0 Å². The van der Waals surface area contributed by atoms with Gasteiger partial charge in [0.05, 0.1) is 12.5 Å². The lowest BCUT2D eigenvalue weighted by molar-refractivity contribution is -0.136. The van der Waals surface area contributed by atoms with Gasteiger partial charge in [-0.2, -0.15) is 0 Å². The zero-order valence-corrected chi connectivity index (χ0v) is 17.4. The maximum Gasteiger partial charge on any atom is 0.234 e. The van der Waals surface area contributed by atoms with Gasteiger partial charge in [-0.25, -0.2) is 0 Å². The van der Waals surface area contributed by atoms with E-state index in [9.17, 15) is 9.59 Å². The van der Waals surface area contributed by atoms with Crippen molar-refractivity contribution in [3.8, 4) is 0 Å². The lowest BCUT2D eigenvalue weighted by Gasteiger charge is -2.36. The SMILES string of the molecule is CC1CCCC(NC(=O)CN2CCN(C(=O)C3CCNC3)CC2)C1.Cl.Cl. The quantitative estimate of drug-likeness (QED) is 0.734. The first kappa shape index (κ1) is 23.5. The van der Waals surface area contributed by atoms with Gasteiger partial charge < -0.3 is 15.5 Å². The lowest BCUT2D eigenvalue weighted by Crippen LogP contribution is -2.53. The van der Waals surface area contributed by atoms with Crippen LogP contribution in [0.3, 0.4) is 0 Å². The van der Waals surface area contributed by atoms with E-state index in [1.54, 1.807) is 0 Å². The normalized spacial score (nSPS) is 29.4. The summed E-state index contributed by atoms with van der Waals surface area (Å²) in [6.07, 6.45) is 5.71. The zero-order chi connectivity index (χ0) is 16.9. The molecular formula is C18H34Cl2N4O2. The summed E-state index contributed by atoms with van der Waals surface area (Å²) >= 11 is 0. The Kier molecular flexibility index (Phi) is 10.2. The summed E-state index contributed by atoms with van der Waals surface area (Å²) in [5, 5.41) is 6.46. The average molecular weight is 409 g/mol. The highest BCUT2D eigenvalue weighted by atomic mass is 35.5. The summed E-state index contributed by atoms with van der Waals surface area (Å²) in [5.74, 6) is 1.32. The lowest BCUT2D eigenvalue weighted by atomic mass is 9.87. The molecule has 0 aromatic rings. The molecule has 2 aliphatic heterocycles. The van der Waals surface area contributed by atoms with Crippen LogP contribution < -0.4 is 10.6 Å². The van der Waals surface area contributed by atoms with E-state index in [1.807, 2.05) is 4.90 Å². The number of carbonyl (C=O) groups excluding carboxylic acids is 2. The Morgan fingerprint density at radius 1 is 1.08 bits per heavy atom. The fourth-order valence-corrected chi connectivity index (χ4v) is 4.29. The minimum absolute atomic E-state index is 0. The summed E-state index contributed by atoms with van der Waals surface area (Å²) in [4.78, 5) is 28.8. The predicted octanol–water partition coefficient (Wildman–Crippen LogP) is 1.28. The standard InChI is InChI=1S/C18H32N4O2.2ClH/c1-14-3-2-4-16(11-14)20-17(23)13-21-7-9-22(10-8-21)18(24)15-5-6-19-12-15;;/h14-16,19H,2-13H2,1H3,(H,20,23);2*1H. The van der Waals surface area contributed by atoms with Gasteiger partial charge in [-0.1, -0.05) is 19.8 Å². The van der Waals surface area contributed by atoms with Crippen molar-refractivity contribution in [1.29, 1.82) is 0 Å². The second-order valence-corrected chi connectivity index (χ2v) is 7.83. The van der Waals surface area contributed by atoms with Gasteiger partial charge in [0.25, 0.3) is 0 Å². The van der Waals surface area contributed by atoms with Crippen LogP contribution in [0.2, 0.25) is 0 Å². The van der Waals surface area contributed by atoms with E-state index in [-0.39, 0.29) is 36.6 Å². The van der Waals surface area contributed by atoms with Crippen molar-refractivity contribution in [2.24, 2.45) is 11.8 Å². The molecule has 0 radical (unpaired) electrons. The van der Waals surface area contributed by atoms with Crippen LogP contribution in [0.15, 0.2) is 0 Å². The third-order valence-electron chi connectivity index (χ3n) is 5.76. The molecule has 152 valence electrons. The Bertz CT molecular complexity index is 452. The van der Waals surface area contributed by atoms with Crippen LogP contribution in [-0.2, 0) is 9.59 Å². The van der Waals surface area contributed by atoms with Crippen LogP contribution in [-0.4, -0.2) is 73.5 Å². The molecule has 0 aromatic carbocycles. The van der Waals surface area contributed by atoms with Crippen molar-refractivity contribution in [3.63, 3.8) is 0 Å². The maximum absolute atomic E-state index is 12.4. The van der Waals surface area contributed by atoms with Crippen molar-refractivity contribution in [3.05, 3.63) is 0 Å². The van der Waals surface area contributed by atoms with Gasteiger partial charge in [-0.3, -0.25) is 14.5 Å². The topological polar surface area (TPSA) is 64.7 Å². The van der Waals surface area contributed by atoms with Gasteiger partial charge in [0.2, 0.25) is 11.8 Å². The number of nitrogens with one attached hydrogen (secondary N) is 2. The molecule has 3 atom stereocenters. The van der Waals surface area contributed by atoms with Crippen molar-refractivity contribution in [2.75, 3.05) is 45.8 Å². The van der Waals surface area contributed by atoms with E-state index in [1.165, 1.54) is 12.8 Å². The molecule has 2 saturated heterocycles. The van der Waals surface area contributed by atoms with Crippen LogP contribution in [0.1, 0.15) is 39.0 Å². The molecule has 2 amide bonds. The highest BCUT2D eigenvalue weighted by Crippen LogP contribution is 2.23. The van der Waals surface area contributed by atoms with Gasteiger partial charge in [-0.05, 0) is 31.7 Å². The molecular weight excluding hydrogens is 375 g/mol. The third-order valence-corrected chi connectivity index (χ3v) is 5.76. The Hall–Kier alpha value is -0.560. The van der Waals surface area contributed by atoms with E-state index in [2.05, 4.69) is 22.5 Å². The van der Waals surface area contributed by atoms with Crippen LogP contribution in [0.5, 0.6) is 0 Å². The molecule has 26 heavy (non-hydrogen) atoms. The minimum Gasteiger partial charge on any atom is -0.352 e. The summed E-state index contributed by atoms with van der Waals surface area (Å²) in [5.41, 5.74) is 0. The Balaban J connectivity index is 0.00000169. The molecule has 6 nitrogen and oxygen atoms in total. The number of halogens is 2. The third kappa shape index (κ3) is 6.55. The number of carbonyl (C=O) groups is 2. The molecule has 1 aliphatic carbocycles. The number of piperazine rings is 1. The molecule has 1 saturated carbocycles. The van der Waals surface area contributed by atoms with Gasteiger partial charge in [-0.15, -0.1) is 24.8 Å². The number of hydrogen-bond acceptors (Lipinski definition) is 4. The molecule has 8 heteroatoms. The summed E-state index contributed by atoms with van der Waals surface area (Å²) in [7, 11) is 0. The molecule has 3 rings (SSSR count). The predicted molar refractivity (Wildman–Crippen MR) is 108 cm³/mol. The van der Waals surface area contributed by atoms with Gasteiger partial charge in [0, 0.05) is 38.8 Å². The van der Waals surface area contributed by atoms with Gasteiger partial charge >= 0.3 is 0 Å². The monoisotopic (exact) mass is 408 g/mol. The summed E-state index contributed by atoms with van der Waals surface area (Å²) < 4.78 is 0. The highest BCUT2D eigenvalue weighted by Gasteiger charge is 2.30. The molecule has 0 bridgehead atoms. The maximum atomic E-state index is 12.4. The molecule has 2 N–H and O–H groups in total. The molecule has 0 spiro atoms. The first-order chi connectivity index (χ1) is 11.6. The van der Waals surface area contributed by atoms with Crippen LogP contribution in [0.4, 0.5) is 0 Å². The van der Waals surface area contributed by atoms with Crippen molar-refractivity contribution >= 4 is 36.6 Å².